The zero-order valence-electron chi connectivity index (χ0n) is 11.1. The fourth-order valence-corrected chi connectivity index (χ4v) is 3.13. The molecule has 0 aromatic heterocycles. The van der Waals surface area contributed by atoms with Crippen molar-refractivity contribution in [3.63, 3.8) is 0 Å². The van der Waals surface area contributed by atoms with Crippen LogP contribution in [0.3, 0.4) is 0 Å². The first-order valence-corrected chi connectivity index (χ1v) is 6.92. The highest BCUT2D eigenvalue weighted by Crippen LogP contribution is 2.44. The zero-order chi connectivity index (χ0) is 13.1. The van der Waals surface area contributed by atoms with E-state index >= 15 is 0 Å². The van der Waals surface area contributed by atoms with Crippen molar-refractivity contribution in [3.8, 4) is 0 Å². The molecule has 0 aliphatic carbocycles. The Morgan fingerprint density at radius 1 is 0.833 bits per heavy atom. The van der Waals surface area contributed by atoms with Gasteiger partial charge in [0.15, 0.2) is 17.9 Å². The number of fused-ring (bicyclic) bond motifs is 3. The van der Waals surface area contributed by atoms with Gasteiger partial charge >= 0.3 is 0 Å². The van der Waals surface area contributed by atoms with Gasteiger partial charge in [-0.3, -0.25) is 0 Å². The summed E-state index contributed by atoms with van der Waals surface area (Å²) in [7, 11) is 0. The van der Waals surface area contributed by atoms with E-state index in [9.17, 15) is 0 Å². The minimum Gasteiger partial charge on any atom is -0.343 e. The quantitative estimate of drug-likeness (QED) is 0.732. The van der Waals surface area contributed by atoms with E-state index in [1.165, 1.54) is 0 Å². The van der Waals surface area contributed by atoms with Crippen LogP contribution in [-0.4, -0.2) is 48.0 Å². The van der Waals surface area contributed by atoms with Crippen molar-refractivity contribution in [2.24, 2.45) is 0 Å². The molecule has 0 spiro atoms. The molecule has 0 aromatic carbocycles. The second-order valence-corrected chi connectivity index (χ2v) is 6.26. The first kappa shape index (κ1) is 13.1. The molecule has 5 atom stereocenters. The molecule has 3 aliphatic heterocycles. The van der Waals surface area contributed by atoms with E-state index < -0.39 is 17.9 Å². The Morgan fingerprint density at radius 2 is 1.39 bits per heavy atom. The maximum absolute atomic E-state index is 5.95. The Kier molecular flexibility index (Phi) is 2.97. The van der Waals surface area contributed by atoms with Crippen molar-refractivity contribution in [3.05, 3.63) is 0 Å². The van der Waals surface area contributed by atoms with Gasteiger partial charge in [-0.1, -0.05) is 0 Å². The fraction of sp³-hybridized carbons (Fsp3) is 1.00. The molecule has 3 aliphatic rings. The summed E-state index contributed by atoms with van der Waals surface area (Å²) in [6, 6.07) is 0. The SMILES string of the molecule is CC1(C)OC2[C@H](OC(CS)[C@@H]3OC(C)(C)O[C@H]23)O1. The molecule has 3 rings (SSSR count). The maximum Gasteiger partial charge on any atom is 0.190 e. The van der Waals surface area contributed by atoms with E-state index in [4.69, 9.17) is 23.7 Å². The number of hydrogen-bond acceptors (Lipinski definition) is 6. The number of hydrogen-bond donors (Lipinski definition) is 1. The second-order valence-electron chi connectivity index (χ2n) is 5.89. The van der Waals surface area contributed by atoms with Gasteiger partial charge in [-0.05, 0) is 27.7 Å². The first-order chi connectivity index (χ1) is 8.31. The van der Waals surface area contributed by atoms with Crippen molar-refractivity contribution in [1.82, 2.24) is 0 Å². The monoisotopic (exact) mass is 276 g/mol. The molecule has 3 saturated heterocycles. The average Bonchev–Trinajstić information content (AvgIpc) is 2.71. The highest BCUT2D eigenvalue weighted by Gasteiger charge is 2.60. The van der Waals surface area contributed by atoms with E-state index in [0.29, 0.717) is 5.75 Å². The Bertz CT molecular complexity index is 345. The van der Waals surface area contributed by atoms with Crippen LogP contribution in [0.4, 0.5) is 0 Å². The van der Waals surface area contributed by atoms with Crippen LogP contribution in [0.5, 0.6) is 0 Å². The summed E-state index contributed by atoms with van der Waals surface area (Å²) in [4.78, 5) is 0. The van der Waals surface area contributed by atoms with Crippen LogP contribution in [0.15, 0.2) is 0 Å². The fourth-order valence-electron chi connectivity index (χ4n) is 2.84. The van der Waals surface area contributed by atoms with Gasteiger partial charge in [-0.25, -0.2) is 0 Å². The summed E-state index contributed by atoms with van der Waals surface area (Å²) in [5, 5.41) is 0. The molecule has 18 heavy (non-hydrogen) atoms. The van der Waals surface area contributed by atoms with E-state index in [0.717, 1.165) is 0 Å². The predicted octanol–water partition coefficient (Wildman–Crippen LogP) is 1.31. The Balaban J connectivity index is 1.86. The van der Waals surface area contributed by atoms with Gasteiger partial charge in [0.25, 0.3) is 0 Å². The zero-order valence-corrected chi connectivity index (χ0v) is 12.0. The normalized spacial score (nSPS) is 48.8. The van der Waals surface area contributed by atoms with E-state index in [1.807, 2.05) is 27.7 Å². The van der Waals surface area contributed by atoms with E-state index in [2.05, 4.69) is 12.6 Å². The standard InChI is InChI=1S/C12H20O5S/c1-11(2)14-7-6(5-18)13-10-9(8(7)15-11)16-12(3,4)17-10/h6-10,18H,5H2,1-4H3/t6?,7-,8-,9?,10+/m0/s1. The largest absolute Gasteiger partial charge is 0.343 e. The van der Waals surface area contributed by atoms with Crippen LogP contribution in [0.25, 0.3) is 0 Å². The summed E-state index contributed by atoms with van der Waals surface area (Å²) in [5.41, 5.74) is 0. The summed E-state index contributed by atoms with van der Waals surface area (Å²) in [6.07, 6.45) is -1.12. The van der Waals surface area contributed by atoms with E-state index in [-0.39, 0.29) is 24.4 Å². The lowest BCUT2D eigenvalue weighted by Crippen LogP contribution is -2.55. The smallest absolute Gasteiger partial charge is 0.190 e. The molecule has 0 radical (unpaired) electrons. The van der Waals surface area contributed by atoms with Crippen molar-refractivity contribution in [2.45, 2.75) is 70.0 Å². The van der Waals surface area contributed by atoms with Crippen molar-refractivity contribution < 1.29 is 23.7 Å². The lowest BCUT2D eigenvalue weighted by atomic mass is 10.00. The summed E-state index contributed by atoms with van der Waals surface area (Å²) in [6.45, 7) is 7.55. The Morgan fingerprint density at radius 3 is 2.06 bits per heavy atom. The van der Waals surface area contributed by atoms with Crippen LogP contribution >= 0.6 is 12.6 Å². The van der Waals surface area contributed by atoms with E-state index in [1.54, 1.807) is 0 Å². The van der Waals surface area contributed by atoms with Gasteiger partial charge in [0.1, 0.15) is 18.3 Å². The third-order valence-corrected chi connectivity index (χ3v) is 3.79. The molecule has 0 aromatic rings. The predicted molar refractivity (Wildman–Crippen MR) is 66.4 cm³/mol. The number of thiol groups is 1. The van der Waals surface area contributed by atoms with Gasteiger partial charge in [0, 0.05) is 5.75 Å². The molecular formula is C12H20O5S. The lowest BCUT2D eigenvalue weighted by Gasteiger charge is -2.36. The van der Waals surface area contributed by atoms with Gasteiger partial charge in [-0.2, -0.15) is 12.6 Å². The molecule has 3 heterocycles. The molecule has 0 saturated carbocycles. The van der Waals surface area contributed by atoms with Crippen molar-refractivity contribution in [2.75, 3.05) is 5.75 Å². The third-order valence-electron chi connectivity index (χ3n) is 3.43. The van der Waals surface area contributed by atoms with Crippen LogP contribution in [0.1, 0.15) is 27.7 Å². The van der Waals surface area contributed by atoms with Gasteiger partial charge < -0.3 is 23.7 Å². The highest BCUT2D eigenvalue weighted by atomic mass is 32.1. The molecule has 104 valence electrons. The highest BCUT2D eigenvalue weighted by molar-refractivity contribution is 7.80. The molecule has 5 nitrogen and oxygen atoms in total. The van der Waals surface area contributed by atoms with Gasteiger partial charge in [-0.15, -0.1) is 0 Å². The minimum absolute atomic E-state index is 0.140. The topological polar surface area (TPSA) is 46.2 Å². The number of rotatable bonds is 1. The Labute approximate surface area is 112 Å². The molecule has 2 unspecified atom stereocenters. The number of ether oxygens (including phenoxy) is 5. The first-order valence-electron chi connectivity index (χ1n) is 6.29. The third kappa shape index (κ3) is 2.09. The van der Waals surface area contributed by atoms with Crippen LogP contribution in [-0.2, 0) is 23.7 Å². The minimum atomic E-state index is -0.651. The maximum atomic E-state index is 5.95. The molecule has 0 bridgehead atoms. The molecule has 0 N–H and O–H groups in total. The summed E-state index contributed by atoms with van der Waals surface area (Å²) >= 11 is 4.32. The van der Waals surface area contributed by atoms with Crippen LogP contribution in [0, 0.1) is 0 Å². The summed E-state index contributed by atoms with van der Waals surface area (Å²) in [5.74, 6) is -0.708. The van der Waals surface area contributed by atoms with Crippen LogP contribution < -0.4 is 0 Å². The summed E-state index contributed by atoms with van der Waals surface area (Å²) < 4.78 is 29.3. The van der Waals surface area contributed by atoms with Crippen molar-refractivity contribution >= 4 is 12.6 Å². The lowest BCUT2D eigenvalue weighted by molar-refractivity contribution is -0.228. The molecule has 0 amide bonds. The van der Waals surface area contributed by atoms with Crippen molar-refractivity contribution in [1.29, 1.82) is 0 Å². The molecule has 6 heteroatoms. The Hall–Kier alpha value is 0.150. The molecular weight excluding hydrogens is 256 g/mol. The van der Waals surface area contributed by atoms with Gasteiger partial charge in [0.05, 0.1) is 6.10 Å². The molecule has 3 fully saturated rings. The second kappa shape index (κ2) is 4.07. The van der Waals surface area contributed by atoms with Gasteiger partial charge in [0.2, 0.25) is 0 Å². The van der Waals surface area contributed by atoms with Crippen LogP contribution in [0.2, 0.25) is 0 Å². The average molecular weight is 276 g/mol.